The monoisotopic (exact) mass is 524 g/mol. The second kappa shape index (κ2) is 10.0. The van der Waals surface area contributed by atoms with E-state index in [2.05, 4.69) is 29.9 Å². The van der Waals surface area contributed by atoms with Crippen molar-refractivity contribution in [3.8, 4) is 0 Å². The van der Waals surface area contributed by atoms with Gasteiger partial charge in [-0.1, -0.05) is 30.3 Å². The second-order valence-electron chi connectivity index (χ2n) is 8.49. The molecule has 1 saturated heterocycles. The first-order valence-electron chi connectivity index (χ1n) is 11.4. The molecule has 16 heteroatoms. The van der Waals surface area contributed by atoms with Gasteiger partial charge in [0.05, 0.1) is 19.3 Å². The number of aliphatic hydroxyl groups is 3. The molecule has 0 radical (unpaired) electrons. The minimum absolute atomic E-state index is 0.0388. The predicted octanol–water partition coefficient (Wildman–Crippen LogP) is -1.94. The summed E-state index contributed by atoms with van der Waals surface area (Å²) in [6.45, 7) is 0.128. The van der Waals surface area contributed by atoms with Crippen LogP contribution >= 0.6 is 0 Å². The highest BCUT2D eigenvalue weighted by Gasteiger charge is 2.44. The van der Waals surface area contributed by atoms with Crippen molar-refractivity contribution >= 4 is 34.2 Å². The number of aliphatic hydroxyl groups excluding tert-OH is 3. The lowest BCUT2D eigenvalue weighted by Crippen LogP contribution is -2.33. The van der Waals surface area contributed by atoms with Crippen molar-refractivity contribution in [3.05, 3.63) is 69.3 Å². The number of nitrogen functional groups attached to an aromatic ring is 2. The number of nitrogens with zero attached hydrogens (tertiary/aromatic N) is 6. The highest BCUT2D eigenvalue weighted by molar-refractivity contribution is 5.71. The van der Waals surface area contributed by atoms with E-state index in [1.807, 2.05) is 30.3 Å². The number of benzene rings is 1. The smallest absolute Gasteiger partial charge is 0.280 e. The Morgan fingerprint density at radius 3 is 2.37 bits per heavy atom. The van der Waals surface area contributed by atoms with Crippen LogP contribution in [0.5, 0.6) is 0 Å². The molecule has 198 valence electrons. The molecule has 0 aliphatic carbocycles. The van der Waals surface area contributed by atoms with Gasteiger partial charge in [-0.25, -0.2) is 9.97 Å². The summed E-state index contributed by atoms with van der Waals surface area (Å²) < 4.78 is 8.40. The van der Waals surface area contributed by atoms with Gasteiger partial charge in [0.1, 0.15) is 18.3 Å². The average Bonchev–Trinajstić information content (AvgIpc) is 3.56. The number of aromatic amines is 2. The lowest BCUT2D eigenvalue weighted by atomic mass is 10.1. The van der Waals surface area contributed by atoms with Crippen molar-refractivity contribution in [2.75, 3.05) is 18.1 Å². The summed E-state index contributed by atoms with van der Waals surface area (Å²) in [5.74, 6) is -0.0199. The summed E-state index contributed by atoms with van der Waals surface area (Å²) in [7, 11) is 0. The molecule has 16 nitrogen and oxygen atoms in total. The van der Waals surface area contributed by atoms with Gasteiger partial charge in [0, 0.05) is 6.54 Å². The number of H-pyrrole nitrogens is 2. The van der Waals surface area contributed by atoms with Crippen molar-refractivity contribution in [1.82, 2.24) is 39.0 Å². The standard InChI is InChI=1S/C12H11N5O.C10H13N5O5/c13-12-15-10-9(11(18)16-12)17(7-14-10)6-8-4-2-1-3-5-8;11-10-13-7-4(8(19)14-10)12-2-15(7)9-6(18)5(17)3(1-16)20-9/h1-5,7H,6H2,(H3,13,15,16,18);2-3,5-6,9,16-18H,1H2,(H3,11,13,14,19)/t;3-,5-,6-,9+/m.0/s1. The minimum atomic E-state index is -1.29. The van der Waals surface area contributed by atoms with Gasteiger partial charge in [-0.2, -0.15) is 9.97 Å². The molecule has 0 amide bonds. The number of aromatic nitrogens is 8. The molecular formula is C22H24N10O6. The first-order valence-corrected chi connectivity index (χ1v) is 11.4. The lowest BCUT2D eigenvalue weighted by Gasteiger charge is -2.16. The molecule has 1 aliphatic rings. The topological polar surface area (TPSA) is 249 Å². The molecule has 0 spiro atoms. The van der Waals surface area contributed by atoms with Gasteiger partial charge in [-0.15, -0.1) is 0 Å². The summed E-state index contributed by atoms with van der Waals surface area (Å²) in [6.07, 6.45) is -1.62. The van der Waals surface area contributed by atoms with Crippen LogP contribution in [0.4, 0.5) is 11.9 Å². The largest absolute Gasteiger partial charge is 0.394 e. The predicted molar refractivity (Wildman–Crippen MR) is 134 cm³/mol. The van der Waals surface area contributed by atoms with Crippen LogP contribution in [-0.2, 0) is 11.3 Å². The minimum Gasteiger partial charge on any atom is -0.394 e. The van der Waals surface area contributed by atoms with Crippen LogP contribution in [0.25, 0.3) is 22.3 Å². The van der Waals surface area contributed by atoms with Gasteiger partial charge in [-0.05, 0) is 5.56 Å². The zero-order valence-electron chi connectivity index (χ0n) is 19.7. The number of hydrogen-bond donors (Lipinski definition) is 7. The maximum Gasteiger partial charge on any atom is 0.280 e. The van der Waals surface area contributed by atoms with Crippen LogP contribution in [0.2, 0.25) is 0 Å². The Hall–Kier alpha value is -4.64. The maximum atomic E-state index is 11.8. The Labute approximate surface area is 212 Å². The summed E-state index contributed by atoms with van der Waals surface area (Å²) >= 11 is 0. The third-order valence-corrected chi connectivity index (χ3v) is 5.94. The number of ether oxygens (including phenoxy) is 1. The van der Waals surface area contributed by atoms with Crippen LogP contribution < -0.4 is 22.6 Å². The molecular weight excluding hydrogens is 500 g/mol. The number of fused-ring (bicyclic) bond motifs is 2. The third kappa shape index (κ3) is 4.59. The molecule has 0 unspecified atom stereocenters. The molecule has 4 atom stereocenters. The molecule has 0 saturated carbocycles. The first kappa shape index (κ1) is 25.0. The van der Waals surface area contributed by atoms with Crippen molar-refractivity contribution < 1.29 is 20.1 Å². The van der Waals surface area contributed by atoms with Crippen molar-refractivity contribution in [3.63, 3.8) is 0 Å². The molecule has 1 aromatic carbocycles. The van der Waals surface area contributed by atoms with Crippen LogP contribution in [0.1, 0.15) is 11.8 Å². The van der Waals surface area contributed by atoms with Crippen molar-refractivity contribution in [2.24, 2.45) is 0 Å². The van der Waals surface area contributed by atoms with Gasteiger partial charge in [-0.3, -0.25) is 24.1 Å². The fourth-order valence-electron chi connectivity index (χ4n) is 4.14. The van der Waals surface area contributed by atoms with E-state index in [1.165, 1.54) is 10.9 Å². The highest BCUT2D eigenvalue weighted by Crippen LogP contribution is 2.30. The SMILES string of the molecule is Nc1nc2c(ncn2[C@@H]2O[C@@H](CO)[C@H](O)[C@@H]2O)c(=O)[nH]1.Nc1nc2ncn(Cc3ccccc3)c2c(=O)[nH]1. The zero-order valence-corrected chi connectivity index (χ0v) is 19.7. The average molecular weight is 524 g/mol. The zero-order chi connectivity index (χ0) is 27.0. The Bertz CT molecular complexity index is 1690. The van der Waals surface area contributed by atoms with E-state index >= 15 is 0 Å². The summed E-state index contributed by atoms with van der Waals surface area (Å²) in [6, 6.07) is 9.84. The highest BCUT2D eigenvalue weighted by atomic mass is 16.6. The van der Waals surface area contributed by atoms with E-state index < -0.39 is 36.7 Å². The number of nitrogens with one attached hydrogen (secondary N) is 2. The Morgan fingerprint density at radius 2 is 1.66 bits per heavy atom. The fraction of sp³-hybridized carbons (Fsp3) is 0.273. The molecule has 0 bridgehead atoms. The molecule has 1 fully saturated rings. The normalized spacial score (nSPS) is 21.0. The van der Waals surface area contributed by atoms with Crippen molar-refractivity contribution in [2.45, 2.75) is 31.1 Å². The van der Waals surface area contributed by atoms with Crippen LogP contribution in [0.15, 0.2) is 52.6 Å². The van der Waals surface area contributed by atoms with Crippen molar-refractivity contribution in [1.29, 1.82) is 0 Å². The van der Waals surface area contributed by atoms with E-state index in [4.69, 9.17) is 21.3 Å². The maximum absolute atomic E-state index is 11.8. The summed E-state index contributed by atoms with van der Waals surface area (Å²) in [4.78, 5) is 44.2. The number of imidazole rings is 2. The van der Waals surface area contributed by atoms with Gasteiger partial charge in [0.25, 0.3) is 11.1 Å². The van der Waals surface area contributed by atoms with Gasteiger partial charge in [0.2, 0.25) is 11.9 Å². The van der Waals surface area contributed by atoms with Crippen LogP contribution in [0, 0.1) is 0 Å². The number of rotatable bonds is 4. The number of hydrogen-bond acceptors (Lipinski definition) is 12. The molecule has 1 aliphatic heterocycles. The summed E-state index contributed by atoms with van der Waals surface area (Å²) in [5.41, 5.74) is 12.2. The fourth-order valence-corrected chi connectivity index (χ4v) is 4.14. The Morgan fingerprint density at radius 1 is 0.947 bits per heavy atom. The number of nitrogens with two attached hydrogens (primary N) is 2. The first-order chi connectivity index (χ1) is 18.3. The van der Waals surface area contributed by atoms with E-state index in [0.29, 0.717) is 17.7 Å². The lowest BCUT2D eigenvalue weighted by molar-refractivity contribution is -0.0511. The quantitative estimate of drug-likeness (QED) is 0.136. The van der Waals surface area contributed by atoms with E-state index in [0.717, 1.165) is 5.56 Å². The molecule has 9 N–H and O–H groups in total. The molecule has 4 aromatic heterocycles. The molecule has 6 rings (SSSR count). The van der Waals surface area contributed by atoms with Gasteiger partial charge >= 0.3 is 0 Å². The van der Waals surface area contributed by atoms with Crippen LogP contribution in [0.3, 0.4) is 0 Å². The molecule has 38 heavy (non-hydrogen) atoms. The molecule has 5 heterocycles. The van der Waals surface area contributed by atoms with E-state index in [-0.39, 0.29) is 28.6 Å². The third-order valence-electron chi connectivity index (χ3n) is 5.94. The summed E-state index contributed by atoms with van der Waals surface area (Å²) in [5, 5.41) is 28.7. The van der Waals surface area contributed by atoms with Crippen LogP contribution in [-0.4, -0.2) is 79.3 Å². The number of anilines is 2. The Balaban J connectivity index is 0.000000156. The Kier molecular flexibility index (Phi) is 6.60. The van der Waals surface area contributed by atoms with Gasteiger partial charge in [0.15, 0.2) is 28.6 Å². The van der Waals surface area contributed by atoms with E-state index in [9.17, 15) is 19.8 Å². The van der Waals surface area contributed by atoms with E-state index in [1.54, 1.807) is 10.9 Å². The molecule has 5 aromatic rings. The van der Waals surface area contributed by atoms with Gasteiger partial charge < -0.3 is 36.1 Å². The second-order valence-corrected chi connectivity index (χ2v) is 8.49.